The lowest BCUT2D eigenvalue weighted by atomic mass is 9.80. The van der Waals surface area contributed by atoms with Gasteiger partial charge in [0.1, 0.15) is 5.60 Å². The van der Waals surface area contributed by atoms with E-state index >= 15 is 0 Å². The van der Waals surface area contributed by atoms with Gasteiger partial charge in [-0.15, -0.1) is 6.58 Å². The van der Waals surface area contributed by atoms with Gasteiger partial charge in [0.15, 0.2) is 0 Å². The summed E-state index contributed by atoms with van der Waals surface area (Å²) in [7, 11) is 0. The van der Waals surface area contributed by atoms with Gasteiger partial charge >= 0.3 is 0 Å². The van der Waals surface area contributed by atoms with Gasteiger partial charge in [0.2, 0.25) is 0 Å². The molecule has 0 bridgehead atoms. The molecular formula is C17H20O2. The van der Waals surface area contributed by atoms with E-state index in [9.17, 15) is 10.2 Å². The van der Waals surface area contributed by atoms with Crippen molar-refractivity contribution >= 4 is 0 Å². The van der Waals surface area contributed by atoms with Crippen LogP contribution in [0.15, 0.2) is 67.3 Å². The third-order valence-corrected chi connectivity index (χ3v) is 3.59. The molecule has 1 unspecified atom stereocenters. The number of hydrogen-bond acceptors (Lipinski definition) is 2. The highest BCUT2D eigenvalue weighted by atomic mass is 16.3. The minimum Gasteiger partial charge on any atom is -0.385 e. The molecule has 0 saturated carbocycles. The lowest BCUT2D eigenvalue weighted by Crippen LogP contribution is -2.35. The zero-order valence-corrected chi connectivity index (χ0v) is 10.9. The number of benzene rings is 1. The van der Waals surface area contributed by atoms with Crippen LogP contribution in [0.2, 0.25) is 0 Å². The van der Waals surface area contributed by atoms with Crippen molar-refractivity contribution in [3.05, 3.63) is 72.9 Å². The summed E-state index contributed by atoms with van der Waals surface area (Å²) < 4.78 is 0. The van der Waals surface area contributed by atoms with Crippen LogP contribution in [-0.4, -0.2) is 21.9 Å². The van der Waals surface area contributed by atoms with Crippen LogP contribution in [0.1, 0.15) is 12.0 Å². The Bertz CT molecular complexity index is 459. The molecule has 1 atom stereocenters. The largest absolute Gasteiger partial charge is 0.385 e. The Labute approximate surface area is 114 Å². The molecule has 1 aromatic rings. The Morgan fingerprint density at radius 2 is 1.84 bits per heavy atom. The van der Waals surface area contributed by atoms with Crippen LogP contribution in [0.25, 0.3) is 0 Å². The summed E-state index contributed by atoms with van der Waals surface area (Å²) in [6, 6.07) is 10.2. The van der Waals surface area contributed by atoms with E-state index in [4.69, 9.17) is 0 Å². The summed E-state index contributed by atoms with van der Waals surface area (Å²) in [5.74, 6) is -0.0623. The maximum Gasteiger partial charge on any atom is 0.107 e. The average Bonchev–Trinajstić information content (AvgIpc) is 2.44. The van der Waals surface area contributed by atoms with Gasteiger partial charge in [-0.2, -0.15) is 0 Å². The van der Waals surface area contributed by atoms with Crippen LogP contribution < -0.4 is 0 Å². The summed E-state index contributed by atoms with van der Waals surface area (Å²) in [6.07, 6.45) is 9.44. The van der Waals surface area contributed by atoms with Crippen LogP contribution >= 0.6 is 0 Å². The number of aliphatic hydroxyl groups excluding tert-OH is 1. The first-order chi connectivity index (χ1) is 9.14. The molecule has 2 heteroatoms. The van der Waals surface area contributed by atoms with Crippen molar-refractivity contribution < 1.29 is 10.2 Å². The molecule has 0 aliphatic heterocycles. The van der Waals surface area contributed by atoms with Crippen LogP contribution in [-0.2, 0) is 6.42 Å². The van der Waals surface area contributed by atoms with Gasteiger partial charge in [0.25, 0.3) is 0 Å². The molecule has 100 valence electrons. The summed E-state index contributed by atoms with van der Waals surface area (Å²) in [5, 5.41) is 20.0. The second-order valence-electron chi connectivity index (χ2n) is 4.96. The van der Waals surface area contributed by atoms with E-state index in [1.54, 1.807) is 30.4 Å². The Morgan fingerprint density at radius 3 is 2.42 bits per heavy atom. The molecule has 1 aromatic carbocycles. The van der Waals surface area contributed by atoms with Gasteiger partial charge in [-0.1, -0.05) is 48.6 Å². The molecular weight excluding hydrogens is 236 g/mol. The van der Waals surface area contributed by atoms with Crippen molar-refractivity contribution in [3.63, 3.8) is 0 Å². The van der Waals surface area contributed by atoms with Crippen molar-refractivity contribution in [1.29, 1.82) is 0 Å². The van der Waals surface area contributed by atoms with Gasteiger partial charge in [-0.25, -0.2) is 0 Å². The highest BCUT2D eigenvalue weighted by Gasteiger charge is 2.31. The lowest BCUT2D eigenvalue weighted by molar-refractivity contribution is 0.0872. The van der Waals surface area contributed by atoms with E-state index in [-0.39, 0.29) is 5.92 Å². The fourth-order valence-electron chi connectivity index (χ4n) is 2.38. The quantitative estimate of drug-likeness (QED) is 0.795. The first-order valence-corrected chi connectivity index (χ1v) is 6.60. The smallest absolute Gasteiger partial charge is 0.107 e. The Hall–Kier alpha value is -1.64. The molecule has 2 rings (SSSR count). The van der Waals surface area contributed by atoms with Crippen LogP contribution in [0.3, 0.4) is 0 Å². The molecule has 0 aromatic heterocycles. The fraction of sp³-hybridized carbons (Fsp3) is 0.294. The predicted molar refractivity (Wildman–Crippen MR) is 77.7 cm³/mol. The van der Waals surface area contributed by atoms with E-state index in [1.165, 1.54) is 5.56 Å². The maximum absolute atomic E-state index is 10.6. The van der Waals surface area contributed by atoms with Crippen LogP contribution in [0, 0.1) is 5.92 Å². The maximum atomic E-state index is 10.6. The summed E-state index contributed by atoms with van der Waals surface area (Å²) in [4.78, 5) is 0. The monoisotopic (exact) mass is 256 g/mol. The third kappa shape index (κ3) is 3.43. The van der Waals surface area contributed by atoms with Gasteiger partial charge in [-0.3, -0.25) is 0 Å². The number of aliphatic hydroxyl groups is 2. The van der Waals surface area contributed by atoms with E-state index in [0.29, 0.717) is 0 Å². The van der Waals surface area contributed by atoms with E-state index in [0.717, 1.165) is 12.8 Å². The molecule has 0 heterocycles. The molecule has 2 N–H and O–H groups in total. The van der Waals surface area contributed by atoms with E-state index in [1.807, 2.05) is 18.2 Å². The molecule has 0 saturated heterocycles. The molecule has 0 radical (unpaired) electrons. The first-order valence-electron chi connectivity index (χ1n) is 6.60. The highest BCUT2D eigenvalue weighted by Crippen LogP contribution is 2.29. The predicted octanol–water partition coefficient (Wildman–Crippen LogP) is 2.64. The third-order valence-electron chi connectivity index (χ3n) is 3.59. The fourth-order valence-corrected chi connectivity index (χ4v) is 2.38. The van der Waals surface area contributed by atoms with Crippen molar-refractivity contribution in [2.24, 2.45) is 5.92 Å². The lowest BCUT2D eigenvalue weighted by Gasteiger charge is -2.31. The summed E-state index contributed by atoms with van der Waals surface area (Å²) in [5.41, 5.74) is 0.220. The highest BCUT2D eigenvalue weighted by molar-refractivity contribution is 5.27. The summed E-state index contributed by atoms with van der Waals surface area (Å²) >= 11 is 0. The standard InChI is InChI=1S/C17H20O2/c1-2-15(9-8-14-6-4-3-5-7-14)17(19)12-10-16(18)11-13-17/h2-7,10-13,15-16,18-19H,1,8-9H2. The van der Waals surface area contributed by atoms with Crippen LogP contribution in [0.4, 0.5) is 0 Å². The molecule has 19 heavy (non-hydrogen) atoms. The number of rotatable bonds is 5. The Kier molecular flexibility index (Phi) is 4.35. The van der Waals surface area contributed by atoms with Crippen molar-refractivity contribution in [2.75, 3.05) is 0 Å². The average molecular weight is 256 g/mol. The second kappa shape index (κ2) is 6.00. The van der Waals surface area contributed by atoms with E-state index in [2.05, 4.69) is 18.7 Å². The number of aryl methyl sites for hydroxylation is 1. The van der Waals surface area contributed by atoms with Crippen molar-refractivity contribution in [2.45, 2.75) is 24.5 Å². The second-order valence-corrected chi connectivity index (χ2v) is 4.96. The molecule has 0 fully saturated rings. The number of hydrogen-bond donors (Lipinski definition) is 2. The van der Waals surface area contributed by atoms with E-state index < -0.39 is 11.7 Å². The van der Waals surface area contributed by atoms with Gasteiger partial charge in [-0.05, 0) is 30.6 Å². The zero-order chi connectivity index (χ0) is 13.7. The topological polar surface area (TPSA) is 40.5 Å². The minimum atomic E-state index is -1.03. The SMILES string of the molecule is C=CC(CCc1ccccc1)C1(O)C=CC(O)C=C1. The molecule has 0 spiro atoms. The molecule has 2 nitrogen and oxygen atoms in total. The minimum absolute atomic E-state index is 0.0623. The Balaban J connectivity index is 2.03. The summed E-state index contributed by atoms with van der Waals surface area (Å²) in [6.45, 7) is 3.82. The van der Waals surface area contributed by atoms with Gasteiger partial charge in [0.05, 0.1) is 6.10 Å². The molecule has 1 aliphatic rings. The van der Waals surface area contributed by atoms with Gasteiger partial charge < -0.3 is 10.2 Å². The first kappa shape index (κ1) is 13.8. The molecule has 0 amide bonds. The Morgan fingerprint density at radius 1 is 1.21 bits per heavy atom. The van der Waals surface area contributed by atoms with Crippen molar-refractivity contribution in [1.82, 2.24) is 0 Å². The van der Waals surface area contributed by atoms with Crippen LogP contribution in [0.5, 0.6) is 0 Å². The zero-order valence-electron chi connectivity index (χ0n) is 10.9. The molecule has 1 aliphatic carbocycles. The normalized spacial score (nSPS) is 27.2. The van der Waals surface area contributed by atoms with Gasteiger partial charge in [0, 0.05) is 5.92 Å². The van der Waals surface area contributed by atoms with Crippen molar-refractivity contribution in [3.8, 4) is 0 Å².